The van der Waals surface area contributed by atoms with Crippen molar-refractivity contribution in [3.8, 4) is 5.75 Å². The zero-order chi connectivity index (χ0) is 45.5. The number of primary amides is 1. The number of guanidine groups is 1. The third-order valence-electron chi connectivity index (χ3n) is 8.39. The first-order valence-corrected chi connectivity index (χ1v) is 20.4. The summed E-state index contributed by atoms with van der Waals surface area (Å²) in [5.41, 5.74) is 11.2. The average molecular weight is 865 g/mol. The van der Waals surface area contributed by atoms with Gasteiger partial charge in [0.2, 0.25) is 46.5 Å². The lowest BCUT2D eigenvalue weighted by Crippen LogP contribution is -2.59. The number of phenolic OH excluding ortho intramolecular Hbond substituents is 1. The molecular weight excluding hydrogens is 805 g/mol. The summed E-state index contributed by atoms with van der Waals surface area (Å²) in [6.45, 7) is 9.55. The third-order valence-corrected chi connectivity index (χ3v) is 9.43. The van der Waals surface area contributed by atoms with Gasteiger partial charge in [-0.2, -0.15) is 0 Å². The fraction of sp³-hybridized carbons (Fsp3) is 0.579. The van der Waals surface area contributed by atoms with E-state index >= 15 is 0 Å². The second kappa shape index (κ2) is 26.9. The van der Waals surface area contributed by atoms with Crippen molar-refractivity contribution in [2.45, 2.75) is 116 Å². The first kappa shape index (κ1) is 52.1. The summed E-state index contributed by atoms with van der Waals surface area (Å²) < 4.78 is 4.82. The number of hydrogen-bond donors (Lipinski definition) is 11. The number of hydrogen-bond acceptors (Lipinski definition) is 13. The Kier molecular flexibility index (Phi) is 23.4. The highest BCUT2D eigenvalue weighted by Gasteiger charge is 2.32. The number of aromatic hydroxyl groups is 1. The lowest BCUT2D eigenvalue weighted by molar-refractivity contribution is -0.142. The molecule has 1 rings (SSSR count). The van der Waals surface area contributed by atoms with Crippen molar-refractivity contribution in [2.24, 2.45) is 17.4 Å². The zero-order valence-corrected chi connectivity index (χ0v) is 35.6. The molecule has 0 saturated carbocycles. The number of benzene rings is 1. The Bertz CT molecular complexity index is 1680. The van der Waals surface area contributed by atoms with Gasteiger partial charge < -0.3 is 58.5 Å². The van der Waals surface area contributed by atoms with E-state index in [1.54, 1.807) is 6.92 Å². The molecule has 0 bridgehead atoms. The summed E-state index contributed by atoms with van der Waals surface area (Å²) >= 11 is 0.781. The minimum Gasteiger partial charge on any atom is -0.508 e. The predicted molar refractivity (Wildman–Crippen MR) is 222 cm³/mol. The summed E-state index contributed by atoms with van der Waals surface area (Å²) in [4.78, 5) is 115. The minimum atomic E-state index is -1.55. The molecule has 0 fully saturated rings. The monoisotopic (exact) mass is 864 g/mol. The van der Waals surface area contributed by atoms with Crippen LogP contribution in [0.4, 0.5) is 0 Å². The average Bonchev–Trinajstić information content (AvgIpc) is 3.15. The maximum atomic E-state index is 13.9. The van der Waals surface area contributed by atoms with Gasteiger partial charge in [0.25, 0.3) is 0 Å². The summed E-state index contributed by atoms with van der Waals surface area (Å²) in [6.07, 6.45) is -0.402. The normalized spacial score (nSPS) is 13.8. The van der Waals surface area contributed by atoms with E-state index in [4.69, 9.17) is 21.6 Å². The molecule has 1 aromatic carbocycles. The molecule has 0 saturated heterocycles. The summed E-state index contributed by atoms with van der Waals surface area (Å²) in [7, 11) is 0. The van der Waals surface area contributed by atoms with Crippen LogP contribution in [0, 0.1) is 11.3 Å². The van der Waals surface area contributed by atoms with Crippen LogP contribution in [0.5, 0.6) is 5.75 Å². The molecule has 0 spiro atoms. The number of amides is 7. The minimum absolute atomic E-state index is 0.0136. The number of carbonyl (C=O) groups excluding carboxylic acids is 9. The Morgan fingerprint density at radius 2 is 1.30 bits per heavy atom. The van der Waals surface area contributed by atoms with Crippen LogP contribution in [0.25, 0.3) is 0 Å². The van der Waals surface area contributed by atoms with Crippen molar-refractivity contribution in [3.05, 3.63) is 29.8 Å². The van der Waals surface area contributed by atoms with E-state index in [0.29, 0.717) is 5.56 Å². The van der Waals surface area contributed by atoms with Crippen LogP contribution in [-0.2, 0) is 54.3 Å². The molecule has 0 aliphatic rings. The number of carbonyl (C=O) groups is 9. The molecule has 21 nitrogen and oxygen atoms in total. The largest absolute Gasteiger partial charge is 0.508 e. The number of nitrogens with two attached hydrogens (primary N) is 2. The zero-order valence-electron chi connectivity index (χ0n) is 34.8. The van der Waals surface area contributed by atoms with Gasteiger partial charge >= 0.3 is 5.97 Å². The molecular formula is C38H60N10O11S. The van der Waals surface area contributed by atoms with Crippen LogP contribution in [0.3, 0.4) is 0 Å². The van der Waals surface area contributed by atoms with E-state index in [-0.39, 0.29) is 68.6 Å². The SMILES string of the molecule is CCOC(=O)CCSC(=O)[C@H](C)NC(=O)[C@H](CC(N)=O)NC(=O)[C@H](C)NC(=O)[C@H](CCCNC(=N)N)NC(=O)[C@H](Cc1ccc(O)cc1)NC(=O)[C@H](CC(C)C)NC(C)=O. The van der Waals surface area contributed by atoms with Crippen molar-refractivity contribution in [1.29, 1.82) is 5.41 Å². The highest BCUT2D eigenvalue weighted by molar-refractivity contribution is 8.13. The number of nitrogens with one attached hydrogen (secondary N) is 8. The molecule has 0 aromatic heterocycles. The molecule has 22 heteroatoms. The van der Waals surface area contributed by atoms with Crippen LogP contribution >= 0.6 is 11.8 Å². The molecule has 6 atom stereocenters. The van der Waals surface area contributed by atoms with Gasteiger partial charge in [0.15, 0.2) is 5.96 Å². The van der Waals surface area contributed by atoms with Gasteiger partial charge in [-0.3, -0.25) is 48.6 Å². The van der Waals surface area contributed by atoms with E-state index in [0.717, 1.165) is 11.8 Å². The van der Waals surface area contributed by atoms with Crippen LogP contribution in [0.1, 0.15) is 79.2 Å². The molecule has 1 aromatic rings. The van der Waals surface area contributed by atoms with E-state index in [1.807, 2.05) is 13.8 Å². The van der Waals surface area contributed by atoms with E-state index in [1.165, 1.54) is 45.0 Å². The Hall–Kier alpha value is -5.93. The quantitative estimate of drug-likeness (QED) is 0.0214. The van der Waals surface area contributed by atoms with E-state index in [2.05, 4.69) is 37.2 Å². The molecule has 13 N–H and O–H groups in total. The Balaban J connectivity index is 3.24. The fourth-order valence-corrected chi connectivity index (χ4v) is 6.20. The number of ether oxygens (including phenoxy) is 1. The lowest BCUT2D eigenvalue weighted by Gasteiger charge is -2.27. The lowest BCUT2D eigenvalue weighted by atomic mass is 10.0. The Labute approximate surface area is 353 Å². The topological polar surface area (TPSA) is 343 Å². The smallest absolute Gasteiger partial charge is 0.306 e. The number of thioether (sulfide) groups is 1. The highest BCUT2D eigenvalue weighted by Crippen LogP contribution is 2.14. The second-order valence-electron chi connectivity index (χ2n) is 14.3. The summed E-state index contributed by atoms with van der Waals surface area (Å²) in [6, 6.07) is -1.76. The van der Waals surface area contributed by atoms with Crippen molar-refractivity contribution < 1.29 is 53.0 Å². The van der Waals surface area contributed by atoms with E-state index in [9.17, 15) is 48.3 Å². The number of phenols is 1. The van der Waals surface area contributed by atoms with Gasteiger partial charge in [0, 0.05) is 25.6 Å². The van der Waals surface area contributed by atoms with Gasteiger partial charge in [0.1, 0.15) is 36.0 Å². The maximum Gasteiger partial charge on any atom is 0.306 e. The van der Waals surface area contributed by atoms with Crippen LogP contribution in [0.2, 0.25) is 0 Å². The van der Waals surface area contributed by atoms with Crippen LogP contribution in [0.15, 0.2) is 24.3 Å². The molecule has 334 valence electrons. The first-order chi connectivity index (χ1) is 28.1. The Morgan fingerprint density at radius 3 is 1.87 bits per heavy atom. The molecule has 0 heterocycles. The predicted octanol–water partition coefficient (Wildman–Crippen LogP) is -1.70. The maximum absolute atomic E-state index is 13.9. The summed E-state index contributed by atoms with van der Waals surface area (Å²) in [5, 5.41) is 34.4. The van der Waals surface area contributed by atoms with Gasteiger partial charge in [0.05, 0.1) is 25.5 Å². The van der Waals surface area contributed by atoms with Crippen molar-refractivity contribution in [2.75, 3.05) is 18.9 Å². The highest BCUT2D eigenvalue weighted by atomic mass is 32.2. The van der Waals surface area contributed by atoms with Crippen molar-refractivity contribution in [3.63, 3.8) is 0 Å². The number of esters is 1. The van der Waals surface area contributed by atoms with Crippen LogP contribution < -0.4 is 48.7 Å². The third kappa shape index (κ3) is 21.2. The van der Waals surface area contributed by atoms with Crippen molar-refractivity contribution in [1.82, 2.24) is 37.2 Å². The Morgan fingerprint density at radius 1 is 0.750 bits per heavy atom. The molecule has 7 amide bonds. The second-order valence-corrected chi connectivity index (χ2v) is 15.4. The first-order valence-electron chi connectivity index (χ1n) is 19.4. The number of rotatable bonds is 26. The van der Waals surface area contributed by atoms with Gasteiger partial charge in [-0.05, 0) is 63.6 Å². The molecule has 0 unspecified atom stereocenters. The van der Waals surface area contributed by atoms with Gasteiger partial charge in [-0.15, -0.1) is 0 Å². The molecule has 0 aliphatic carbocycles. The summed E-state index contributed by atoms with van der Waals surface area (Å²) in [5.74, 6) is -6.38. The standard InChI is InChI=1S/C38H60N10O11S/c1-7-59-31(52)14-16-60-37(58)22(5)44-34(55)29(19-30(39)51)47-32(53)21(4)43-33(54)26(9-8-15-42-38(40)41)46-36(57)28(18-24-10-12-25(50)13-11-24)48-35(56)27(17-20(2)3)45-23(6)49/h10-13,20-22,26-29,50H,7-9,14-19H2,1-6H3,(H2,39,51)(H,43,54)(H,44,55)(H,45,49)(H,46,57)(H,47,53)(H,48,56)(H4,40,41,42)/t21-,22-,26-,27-,28-,29-/m0/s1. The van der Waals surface area contributed by atoms with Crippen LogP contribution in [-0.4, -0.2) is 119 Å². The molecule has 60 heavy (non-hydrogen) atoms. The van der Waals surface area contributed by atoms with E-state index < -0.39 is 95.1 Å². The fourth-order valence-electron chi connectivity index (χ4n) is 5.42. The van der Waals surface area contributed by atoms with Gasteiger partial charge in [-0.1, -0.05) is 37.7 Å². The van der Waals surface area contributed by atoms with Crippen molar-refractivity contribution >= 4 is 70.2 Å². The van der Waals surface area contributed by atoms with Gasteiger partial charge in [-0.25, -0.2) is 0 Å². The molecule has 0 aliphatic heterocycles. The molecule has 0 radical (unpaired) electrons.